The first-order chi connectivity index (χ1) is 55.4. The van der Waals surface area contributed by atoms with Crippen molar-refractivity contribution in [1.29, 1.82) is 0 Å². The molecule has 20 nitrogen and oxygen atoms in total. The van der Waals surface area contributed by atoms with Crippen LogP contribution >= 0.6 is 11.6 Å². The normalized spacial score (nSPS) is 48.7. The van der Waals surface area contributed by atoms with E-state index in [2.05, 4.69) is 51.7 Å². The number of halogens is 4. The number of ketones is 8. The van der Waals surface area contributed by atoms with Crippen LogP contribution in [0.2, 0.25) is 0 Å². The molecule has 17 rings (SSSR count). The molecule has 0 bridgehead atoms. The summed E-state index contributed by atoms with van der Waals surface area (Å²) in [5.41, 5.74) is -10.6. The topological polar surface area (TPSA) is 369 Å². The zero-order valence-electron chi connectivity index (χ0n) is 70.7. The van der Waals surface area contributed by atoms with Crippen molar-refractivity contribution < 1.29 is 112 Å². The number of rotatable bonds is 9. The first-order valence-corrected chi connectivity index (χ1v) is 43.4. The molecule has 0 spiro atoms. The van der Waals surface area contributed by atoms with E-state index in [1.807, 2.05) is 26.8 Å². The van der Waals surface area contributed by atoms with Crippen molar-refractivity contribution in [3.8, 4) is 0 Å². The van der Waals surface area contributed by atoms with Gasteiger partial charge in [-0.3, -0.25) is 38.4 Å². The van der Waals surface area contributed by atoms with Gasteiger partial charge in [0.15, 0.2) is 51.8 Å². The van der Waals surface area contributed by atoms with E-state index in [-0.39, 0.29) is 136 Å². The Balaban J connectivity index is 0.000000133. The maximum absolute atomic E-state index is 16.9. The third kappa shape index (κ3) is 12.6. The van der Waals surface area contributed by atoms with Crippen LogP contribution in [0.25, 0.3) is 0 Å². The van der Waals surface area contributed by atoms with Gasteiger partial charge in [-0.1, -0.05) is 125 Å². The second-order valence-electron chi connectivity index (χ2n) is 40.5. The van der Waals surface area contributed by atoms with Crippen LogP contribution in [0.1, 0.15) is 197 Å². The summed E-state index contributed by atoms with van der Waals surface area (Å²) in [6.45, 7) is 27.7. The highest BCUT2D eigenvalue weighted by Crippen LogP contribution is 2.75. The molecule has 0 aromatic carbocycles. The fraction of sp³-hybridized carbons (Fsp3) is 0.674. The highest BCUT2D eigenvalue weighted by atomic mass is 35.5. The smallest absolute Gasteiger partial charge is 0.371 e. The minimum atomic E-state index is -2.21. The van der Waals surface area contributed by atoms with Crippen LogP contribution < -0.4 is 0 Å². The van der Waals surface area contributed by atoms with Gasteiger partial charge in [0.05, 0.1) is 36.6 Å². The zero-order chi connectivity index (χ0) is 87.7. The van der Waals surface area contributed by atoms with Crippen LogP contribution in [0, 0.1) is 132 Å². The first-order valence-electron chi connectivity index (χ1n) is 42.9. The number of alkyl halides is 4. The van der Waals surface area contributed by atoms with Gasteiger partial charge in [0.25, 0.3) is 0 Å². The number of carbonyl (C=O) groups excluding carboxylic acids is 8. The highest BCUT2D eigenvalue weighted by Gasteiger charge is 2.78. The van der Waals surface area contributed by atoms with Gasteiger partial charge in [0, 0.05) is 73.4 Å². The van der Waals surface area contributed by atoms with Crippen LogP contribution in [0.4, 0.5) is 13.2 Å². The number of aromatic carboxylic acids is 1. The molecule has 119 heavy (non-hydrogen) atoms. The van der Waals surface area contributed by atoms with Crippen LogP contribution in [-0.2, 0) is 38.4 Å². The number of furan rings is 1. The van der Waals surface area contributed by atoms with Gasteiger partial charge in [-0.25, -0.2) is 18.0 Å². The van der Waals surface area contributed by atoms with Gasteiger partial charge >= 0.3 is 5.97 Å². The molecule has 650 valence electrons. The summed E-state index contributed by atoms with van der Waals surface area (Å²) in [6.07, 6.45) is 21.6. The van der Waals surface area contributed by atoms with Crippen LogP contribution in [0.3, 0.4) is 0 Å². The largest absolute Gasteiger partial charge is 0.475 e. The molecule has 12 fully saturated rings. The van der Waals surface area contributed by atoms with Gasteiger partial charge in [-0.2, -0.15) is 0 Å². The van der Waals surface area contributed by atoms with Crippen molar-refractivity contribution >= 4 is 63.8 Å². The van der Waals surface area contributed by atoms with E-state index < -0.39 is 146 Å². The van der Waals surface area contributed by atoms with Gasteiger partial charge < -0.3 is 55.5 Å². The van der Waals surface area contributed by atoms with Gasteiger partial charge in [-0.15, -0.1) is 11.6 Å². The Morgan fingerprint density at radius 2 is 0.975 bits per heavy atom. The number of carbonyl (C=O) groups is 9. The molecule has 0 saturated heterocycles. The van der Waals surface area contributed by atoms with E-state index in [1.165, 1.54) is 55.2 Å². The lowest BCUT2D eigenvalue weighted by Crippen LogP contribution is -2.70. The van der Waals surface area contributed by atoms with Gasteiger partial charge in [0.1, 0.15) is 42.5 Å². The Kier molecular flexibility index (Phi) is 23.3. The molecule has 1 aromatic rings. The molecular formula is C95H122ClF3O20. The van der Waals surface area contributed by atoms with Gasteiger partial charge in [-0.05, 0) is 239 Å². The Bertz CT molecular complexity index is 4630. The molecule has 0 aliphatic heterocycles. The number of fused-ring (bicyclic) bond motifs is 20. The molecule has 1 aromatic heterocycles. The lowest BCUT2D eigenvalue weighted by atomic mass is 9.44. The van der Waals surface area contributed by atoms with Crippen molar-refractivity contribution in [2.24, 2.45) is 132 Å². The molecule has 33 atom stereocenters. The maximum atomic E-state index is 16.9. The van der Waals surface area contributed by atoms with Crippen molar-refractivity contribution in [1.82, 2.24) is 0 Å². The molecule has 24 heteroatoms. The van der Waals surface area contributed by atoms with Gasteiger partial charge in [0.2, 0.25) is 5.76 Å². The lowest BCUT2D eigenvalue weighted by Gasteiger charge is -2.63. The molecule has 12 saturated carbocycles. The molecule has 0 amide bonds. The summed E-state index contributed by atoms with van der Waals surface area (Å²) < 4.78 is 51.9. The van der Waals surface area contributed by atoms with E-state index in [9.17, 15) is 89.1 Å². The number of carboxylic acids is 1. The standard InChI is InChI=1S/C24H34O3.C22H27ClF2O4.C22H29FO5.C22H28O5.C5H4O3/c1-6-20(27)24(5)14(2)11-18-17-8-7-15-12-16(25)9-10-22(15,3)21(17)19(26)13-23(18,24)4;1-11-6-13-14-8-16(24)15-7-12(26)4-5-19(15,2)21(14,25)17(27)9-20(13,3)22(11,29)18(28)10-23;1-11-6-14-13-8-16(23)15-7-12(25)4-5-20(15,2)19(13)17(26)9-21(14,3)22(11,28)18(27)10-24;1-12-8-16-15-5-4-13-9-14(24)6-7-20(13,2)19(15)17(25)10-21(16,3)22(12,27)18(26)11-23;6-5(7)4-2-1-3-8-4/h9-10,12,14,17-19,21,26H,6-8,11,13H2,1-5H3;4-5,7,11,13-14,16-17,27,29H,6,8-10H2,1-3H3;4-5,7,11,13-14,16-17,19,24,26,28H,6,8-10H2,1-3H3;6-7,9,15-17,19,23,25,27H,1,4-5,8,10-11H2,2-3H3;1-3H,(H,6,7)/t14-,17+,18+,19+,21-,22+,23+,24-;11-,13-,14-,16-,17-,19-,20-,21-,22-;11-,13+,14+,16+,17+,19-,20+,21+,22+;15-,16-,17-,19+,20-,21-,22-;/m1010./s1. The molecule has 16 aliphatic carbocycles. The molecule has 0 unspecified atom stereocenters. The summed E-state index contributed by atoms with van der Waals surface area (Å²) in [5.74, 6) is -5.01. The number of hydrogen-bond donors (Lipinski definition) is 10. The minimum absolute atomic E-state index is 0.00306. The van der Waals surface area contributed by atoms with E-state index in [4.69, 9.17) is 16.7 Å². The predicted octanol–water partition coefficient (Wildman–Crippen LogP) is 12.0. The number of aliphatic hydroxyl groups is 9. The molecule has 10 N–H and O–H groups in total. The fourth-order valence-corrected chi connectivity index (χ4v) is 30.0. The maximum Gasteiger partial charge on any atom is 0.371 e. The number of carboxylic acid groups (broad SMARTS) is 1. The number of Topliss-reactive ketones (excluding diaryl/α,β-unsaturated/α-hetero) is 4. The average molecular weight is 1680 g/mol. The summed E-state index contributed by atoms with van der Waals surface area (Å²) in [4.78, 5) is 108. The Hall–Kier alpha value is -6.51. The molecular weight excluding hydrogens is 1550 g/mol. The highest BCUT2D eigenvalue weighted by molar-refractivity contribution is 6.29. The van der Waals surface area contributed by atoms with Crippen LogP contribution in [-0.4, -0.2) is 182 Å². The quantitative estimate of drug-likeness (QED) is 0.0811. The monoisotopic (exact) mass is 1670 g/mol. The van der Waals surface area contributed by atoms with Crippen molar-refractivity contribution in [3.05, 3.63) is 132 Å². The van der Waals surface area contributed by atoms with Crippen LogP contribution in [0.5, 0.6) is 0 Å². The summed E-state index contributed by atoms with van der Waals surface area (Å²) in [6, 6.07) is 2.92. The fourth-order valence-electron chi connectivity index (χ4n) is 29.8. The predicted molar refractivity (Wildman–Crippen MR) is 435 cm³/mol. The van der Waals surface area contributed by atoms with E-state index in [0.717, 1.165) is 43.8 Å². The number of hydrogen-bond acceptors (Lipinski definition) is 19. The Morgan fingerprint density at radius 1 is 0.529 bits per heavy atom. The Labute approximate surface area is 699 Å². The molecule has 16 aliphatic rings. The van der Waals surface area contributed by atoms with Crippen molar-refractivity contribution in [2.45, 2.75) is 246 Å². The van der Waals surface area contributed by atoms with E-state index in [0.29, 0.717) is 66.8 Å². The molecule has 1 heterocycles. The van der Waals surface area contributed by atoms with E-state index >= 15 is 13.2 Å². The lowest BCUT2D eigenvalue weighted by molar-refractivity contribution is -0.222. The second kappa shape index (κ2) is 30.7. The summed E-state index contributed by atoms with van der Waals surface area (Å²) in [7, 11) is 0. The van der Waals surface area contributed by atoms with Crippen molar-refractivity contribution in [2.75, 3.05) is 19.1 Å². The first kappa shape index (κ1) is 90.2. The Morgan fingerprint density at radius 3 is 1.48 bits per heavy atom. The van der Waals surface area contributed by atoms with Crippen LogP contribution in [0.15, 0.2) is 130 Å². The van der Waals surface area contributed by atoms with E-state index in [1.54, 1.807) is 58.1 Å². The second-order valence-corrected chi connectivity index (χ2v) is 40.8. The third-order valence-corrected chi connectivity index (χ3v) is 36.2. The SMILES string of the molecule is C=C1C[C@H]2[C@@H]3CCC4=CC(=O)C=C[C@]4(C)[C@H]3[C@@H](O)C[C@]2(C)[C@@]1(O)C(=O)CO.CCC(=O)[C@@]1(C)[C@H](C)C[C@H]2[C@@H]3CCC4=CC(=O)C=C[C@]4(C)[C@H]3[C@@H](O)C[C@@]21C.C[C@@H]1C[C@H]2[C@@H]3C[C@H](F)C4=CC(=O)C=C[C@]4(C)[C@H]3[C@@H](O)C[C@]2(C)[C@@]1(O)C(=O)CO.C[C@H]1C[C@H]2[C@@H]3C[C@H](F)C4=CC(=O)C=C[C@]4(C)[C@@]3(F)[C@@H](O)C[C@]2(C)[C@@]1(O)C(=O)CCl.O=C(O)c1ccco1. The number of aliphatic hydroxyl groups excluding tert-OH is 6. The third-order valence-electron chi connectivity index (χ3n) is 35.9. The minimum Gasteiger partial charge on any atom is -0.475 e. The number of allylic oxidation sites excluding steroid dienone is 16. The van der Waals surface area contributed by atoms with Crippen molar-refractivity contribution in [3.63, 3.8) is 0 Å². The molecule has 0 radical (unpaired) electrons. The average Bonchev–Trinajstić information content (AvgIpc) is 1.43. The summed E-state index contributed by atoms with van der Waals surface area (Å²) in [5, 5.41) is 106. The summed E-state index contributed by atoms with van der Waals surface area (Å²) >= 11 is 5.78. The zero-order valence-corrected chi connectivity index (χ0v) is 71.5.